The summed E-state index contributed by atoms with van der Waals surface area (Å²) in [6, 6.07) is 0.403. The molecule has 1 aliphatic heterocycles. The summed E-state index contributed by atoms with van der Waals surface area (Å²) in [6.45, 7) is 1.39. The fourth-order valence-corrected chi connectivity index (χ4v) is 0.913. The van der Waals surface area contributed by atoms with Crippen LogP contribution in [0.1, 0.15) is 12.8 Å². The normalized spacial score (nSPS) is 27.4. The lowest BCUT2D eigenvalue weighted by Gasteiger charge is -2.01. The van der Waals surface area contributed by atoms with Crippen molar-refractivity contribution in [2.24, 2.45) is 0 Å². The van der Waals surface area contributed by atoms with Gasteiger partial charge in [0, 0.05) is 6.04 Å². The van der Waals surface area contributed by atoms with Crippen LogP contribution in [0.2, 0.25) is 0 Å². The summed E-state index contributed by atoms with van der Waals surface area (Å²) in [4.78, 5) is 0. The number of aliphatic hydroxyl groups is 1. The van der Waals surface area contributed by atoms with E-state index in [0.717, 1.165) is 13.0 Å². The van der Waals surface area contributed by atoms with Crippen LogP contribution in [0.15, 0.2) is 0 Å². The third kappa shape index (κ3) is 1.99. The van der Waals surface area contributed by atoms with Crippen LogP contribution in [0.4, 0.5) is 0 Å². The average molecular weight is 138 g/mol. The minimum Gasteiger partial charge on any atom is -0.395 e. The Bertz CT molecular complexity index is 54.4. The van der Waals surface area contributed by atoms with Crippen molar-refractivity contribution >= 4 is 12.4 Å². The first kappa shape index (κ1) is 8.21. The average Bonchev–Trinajstić information content (AvgIpc) is 2.14. The minimum atomic E-state index is 0. The van der Waals surface area contributed by atoms with Crippen LogP contribution < -0.4 is 5.32 Å². The molecule has 0 aromatic heterocycles. The van der Waals surface area contributed by atoms with Crippen molar-refractivity contribution in [1.82, 2.24) is 5.32 Å². The molecule has 0 bridgehead atoms. The van der Waals surface area contributed by atoms with Crippen molar-refractivity contribution < 1.29 is 5.11 Å². The zero-order valence-corrected chi connectivity index (χ0v) is 5.58. The maximum atomic E-state index is 8.50. The molecular formula is C5H12ClNO. The van der Waals surface area contributed by atoms with Crippen LogP contribution in [-0.2, 0) is 0 Å². The first-order valence-electron chi connectivity index (χ1n) is 2.77. The van der Waals surface area contributed by atoms with Crippen molar-refractivity contribution in [3.05, 3.63) is 0 Å². The summed E-state index contributed by atoms with van der Waals surface area (Å²) in [5, 5.41) is 11.7. The largest absolute Gasteiger partial charge is 0.395 e. The molecule has 0 saturated carbocycles. The van der Waals surface area contributed by atoms with Gasteiger partial charge in [0.1, 0.15) is 0 Å². The smallest absolute Gasteiger partial charge is 0.0584 e. The van der Waals surface area contributed by atoms with E-state index < -0.39 is 0 Å². The van der Waals surface area contributed by atoms with E-state index in [9.17, 15) is 0 Å². The lowest BCUT2D eigenvalue weighted by Crippen LogP contribution is -2.24. The molecule has 1 atom stereocenters. The summed E-state index contributed by atoms with van der Waals surface area (Å²) < 4.78 is 0. The van der Waals surface area contributed by atoms with Crippen LogP contribution >= 0.6 is 12.4 Å². The van der Waals surface area contributed by atoms with Crippen LogP contribution in [0.25, 0.3) is 0 Å². The van der Waals surface area contributed by atoms with Gasteiger partial charge in [0.15, 0.2) is 0 Å². The molecule has 0 aromatic carbocycles. The Morgan fingerprint density at radius 1 is 1.62 bits per heavy atom. The quantitative estimate of drug-likeness (QED) is 0.540. The van der Waals surface area contributed by atoms with E-state index in [1.165, 1.54) is 6.42 Å². The van der Waals surface area contributed by atoms with Gasteiger partial charge >= 0.3 is 0 Å². The molecule has 8 heavy (non-hydrogen) atoms. The highest BCUT2D eigenvalue weighted by atomic mass is 35.5. The second-order valence-electron chi connectivity index (χ2n) is 1.98. The monoisotopic (exact) mass is 137 g/mol. The summed E-state index contributed by atoms with van der Waals surface area (Å²) in [6.07, 6.45) is 2.38. The summed E-state index contributed by atoms with van der Waals surface area (Å²) in [5.74, 6) is 0. The van der Waals surface area contributed by atoms with Crippen molar-refractivity contribution in [3.8, 4) is 0 Å². The van der Waals surface area contributed by atoms with E-state index in [1.807, 2.05) is 0 Å². The van der Waals surface area contributed by atoms with Crippen LogP contribution in [0, 0.1) is 0 Å². The number of aliphatic hydroxyl groups excluding tert-OH is 1. The molecule has 0 amide bonds. The van der Waals surface area contributed by atoms with Crippen molar-refractivity contribution in [1.29, 1.82) is 0 Å². The molecule has 0 aromatic rings. The van der Waals surface area contributed by atoms with Gasteiger partial charge in [0.2, 0.25) is 0 Å². The van der Waals surface area contributed by atoms with E-state index in [2.05, 4.69) is 5.32 Å². The standard InChI is InChI=1S/C5H11NO.ClH/c7-4-5-2-1-3-6-5;/h5-7H,1-4H2;1H. The van der Waals surface area contributed by atoms with Crippen molar-refractivity contribution in [3.63, 3.8) is 0 Å². The highest BCUT2D eigenvalue weighted by Crippen LogP contribution is 2.02. The predicted octanol–water partition coefficient (Wildman–Crippen LogP) is 0.152. The van der Waals surface area contributed by atoms with Crippen molar-refractivity contribution in [2.75, 3.05) is 13.2 Å². The third-order valence-corrected chi connectivity index (χ3v) is 1.38. The molecule has 1 fully saturated rings. The second-order valence-corrected chi connectivity index (χ2v) is 1.98. The molecule has 0 radical (unpaired) electrons. The summed E-state index contributed by atoms with van der Waals surface area (Å²) in [5.41, 5.74) is 0. The summed E-state index contributed by atoms with van der Waals surface area (Å²) >= 11 is 0. The Morgan fingerprint density at radius 2 is 2.38 bits per heavy atom. The molecule has 1 saturated heterocycles. The van der Waals surface area contributed by atoms with E-state index >= 15 is 0 Å². The Hall–Kier alpha value is 0.210. The first-order chi connectivity index (χ1) is 3.43. The fraction of sp³-hybridized carbons (Fsp3) is 1.00. The van der Waals surface area contributed by atoms with Gasteiger partial charge in [-0.25, -0.2) is 0 Å². The van der Waals surface area contributed by atoms with Gasteiger partial charge in [-0.05, 0) is 19.4 Å². The fourth-order valence-electron chi connectivity index (χ4n) is 0.913. The number of halogens is 1. The molecule has 3 heteroatoms. The molecule has 1 rings (SSSR count). The van der Waals surface area contributed by atoms with Gasteiger partial charge in [-0.2, -0.15) is 0 Å². The third-order valence-electron chi connectivity index (χ3n) is 1.38. The molecular weight excluding hydrogens is 126 g/mol. The number of rotatable bonds is 1. The van der Waals surface area contributed by atoms with E-state index in [4.69, 9.17) is 5.11 Å². The topological polar surface area (TPSA) is 32.3 Å². The molecule has 0 aliphatic carbocycles. The van der Waals surface area contributed by atoms with E-state index in [0.29, 0.717) is 12.6 Å². The van der Waals surface area contributed by atoms with Crippen LogP contribution in [-0.4, -0.2) is 24.3 Å². The zero-order chi connectivity index (χ0) is 5.11. The molecule has 2 nitrogen and oxygen atoms in total. The van der Waals surface area contributed by atoms with E-state index in [-0.39, 0.29) is 12.4 Å². The van der Waals surface area contributed by atoms with Crippen LogP contribution in [0.5, 0.6) is 0 Å². The maximum absolute atomic E-state index is 8.50. The van der Waals surface area contributed by atoms with Gasteiger partial charge < -0.3 is 10.4 Å². The second kappa shape index (κ2) is 4.13. The molecule has 1 unspecified atom stereocenters. The first-order valence-corrected chi connectivity index (χ1v) is 2.77. The lowest BCUT2D eigenvalue weighted by molar-refractivity contribution is 0.255. The maximum Gasteiger partial charge on any atom is 0.0584 e. The molecule has 1 heterocycles. The number of nitrogens with one attached hydrogen (secondary N) is 1. The highest BCUT2D eigenvalue weighted by Gasteiger charge is 2.10. The Balaban J connectivity index is 0.000000490. The molecule has 50 valence electrons. The Kier molecular flexibility index (Phi) is 4.23. The lowest BCUT2D eigenvalue weighted by atomic mass is 10.2. The van der Waals surface area contributed by atoms with Crippen molar-refractivity contribution in [2.45, 2.75) is 18.9 Å². The Labute approximate surface area is 55.7 Å². The van der Waals surface area contributed by atoms with Gasteiger partial charge in [-0.3, -0.25) is 0 Å². The summed E-state index contributed by atoms with van der Waals surface area (Å²) in [7, 11) is 0. The molecule has 1 aliphatic rings. The SMILES string of the molecule is Cl.OCC1CCCN1. The van der Waals surface area contributed by atoms with Gasteiger partial charge in [-0.15, -0.1) is 12.4 Å². The molecule has 0 spiro atoms. The number of hydrogen-bond acceptors (Lipinski definition) is 2. The van der Waals surface area contributed by atoms with Gasteiger partial charge in [0.25, 0.3) is 0 Å². The number of hydrogen-bond donors (Lipinski definition) is 2. The zero-order valence-electron chi connectivity index (χ0n) is 4.76. The molecule has 2 N–H and O–H groups in total. The highest BCUT2D eigenvalue weighted by molar-refractivity contribution is 5.85. The predicted molar refractivity (Wildman–Crippen MR) is 35.4 cm³/mol. The van der Waals surface area contributed by atoms with Gasteiger partial charge in [-0.1, -0.05) is 0 Å². The van der Waals surface area contributed by atoms with E-state index in [1.54, 1.807) is 0 Å². The van der Waals surface area contributed by atoms with Crippen LogP contribution in [0.3, 0.4) is 0 Å². The van der Waals surface area contributed by atoms with Gasteiger partial charge in [0.05, 0.1) is 6.61 Å². The Morgan fingerprint density at radius 3 is 2.62 bits per heavy atom. The minimum absolute atomic E-state index is 0.